The molecule has 0 saturated heterocycles. The van der Waals surface area contributed by atoms with Gasteiger partial charge in [-0.25, -0.2) is 0 Å². The summed E-state index contributed by atoms with van der Waals surface area (Å²) < 4.78 is 0. The molecule has 2 N–H and O–H groups in total. The molecule has 0 aliphatic carbocycles. The molecule has 47 valence electrons. The average molecular weight is 124 g/mol. The predicted molar refractivity (Wildman–Crippen MR) is 39.1 cm³/mol. The SMILES string of the molecule is F.Nc1ccccc1.[B]. The summed E-state index contributed by atoms with van der Waals surface area (Å²) >= 11 is 0. The maximum atomic E-state index is 5.36. The van der Waals surface area contributed by atoms with Gasteiger partial charge in [0, 0.05) is 14.1 Å². The fourth-order valence-corrected chi connectivity index (χ4v) is 0.453. The lowest BCUT2D eigenvalue weighted by Gasteiger charge is -1.83. The highest BCUT2D eigenvalue weighted by Gasteiger charge is 1.72. The molecule has 3 radical (unpaired) electrons. The van der Waals surface area contributed by atoms with E-state index in [1.165, 1.54) is 0 Å². The molecule has 0 saturated carbocycles. The predicted octanol–water partition coefficient (Wildman–Crippen LogP) is 1.04. The Labute approximate surface area is 55.8 Å². The van der Waals surface area contributed by atoms with Crippen molar-refractivity contribution in [3.05, 3.63) is 30.3 Å². The highest BCUT2D eigenvalue weighted by molar-refractivity contribution is 5.75. The van der Waals surface area contributed by atoms with Crippen LogP contribution in [0.4, 0.5) is 10.4 Å². The Morgan fingerprint density at radius 2 is 1.44 bits per heavy atom. The monoisotopic (exact) mass is 124 g/mol. The molecule has 1 rings (SSSR count). The van der Waals surface area contributed by atoms with Crippen molar-refractivity contribution in [3.8, 4) is 0 Å². The molecule has 1 aromatic rings. The molecule has 0 atom stereocenters. The molecule has 0 aliphatic heterocycles. The minimum atomic E-state index is 0. The number of benzene rings is 1. The van der Waals surface area contributed by atoms with Crippen molar-refractivity contribution in [2.45, 2.75) is 0 Å². The Morgan fingerprint density at radius 3 is 1.67 bits per heavy atom. The topological polar surface area (TPSA) is 26.0 Å². The summed E-state index contributed by atoms with van der Waals surface area (Å²) in [5.74, 6) is 0. The quantitative estimate of drug-likeness (QED) is 0.405. The van der Waals surface area contributed by atoms with Crippen LogP contribution in [0.5, 0.6) is 0 Å². The summed E-state index contributed by atoms with van der Waals surface area (Å²) in [7, 11) is 0. The number of para-hydroxylation sites is 1. The molecule has 0 fully saturated rings. The van der Waals surface area contributed by atoms with Gasteiger partial charge in [0.1, 0.15) is 0 Å². The van der Waals surface area contributed by atoms with Crippen LogP contribution in [0.1, 0.15) is 0 Å². The highest BCUT2D eigenvalue weighted by Crippen LogP contribution is 1.95. The minimum absolute atomic E-state index is 0. The lowest BCUT2D eigenvalue weighted by molar-refractivity contribution is 1.11. The smallest absolute Gasteiger partial charge is 0.0313 e. The molecule has 0 unspecified atom stereocenters. The van der Waals surface area contributed by atoms with Crippen molar-refractivity contribution in [3.63, 3.8) is 0 Å². The summed E-state index contributed by atoms with van der Waals surface area (Å²) in [6.07, 6.45) is 0. The van der Waals surface area contributed by atoms with Gasteiger partial charge in [0.25, 0.3) is 0 Å². The van der Waals surface area contributed by atoms with Crippen molar-refractivity contribution >= 4 is 14.1 Å². The van der Waals surface area contributed by atoms with Gasteiger partial charge < -0.3 is 5.73 Å². The number of rotatable bonds is 0. The van der Waals surface area contributed by atoms with Gasteiger partial charge in [0.05, 0.1) is 0 Å². The minimum Gasteiger partial charge on any atom is -0.399 e. The second-order valence-electron chi connectivity index (χ2n) is 1.41. The van der Waals surface area contributed by atoms with E-state index < -0.39 is 0 Å². The van der Waals surface area contributed by atoms with E-state index in [-0.39, 0.29) is 13.1 Å². The summed E-state index contributed by atoms with van der Waals surface area (Å²) in [5, 5.41) is 0. The zero-order valence-electron chi connectivity index (χ0n) is 4.95. The van der Waals surface area contributed by atoms with E-state index in [1.807, 2.05) is 30.3 Å². The van der Waals surface area contributed by atoms with Gasteiger partial charge in [0.15, 0.2) is 0 Å². The van der Waals surface area contributed by atoms with Crippen LogP contribution in [0.15, 0.2) is 30.3 Å². The molecule has 3 heteroatoms. The van der Waals surface area contributed by atoms with Crippen molar-refractivity contribution in [2.24, 2.45) is 0 Å². The number of hydrogen-bond acceptors (Lipinski definition) is 1. The third kappa shape index (κ3) is 3.59. The van der Waals surface area contributed by atoms with E-state index in [4.69, 9.17) is 5.73 Å². The zero-order chi connectivity index (χ0) is 5.11. The van der Waals surface area contributed by atoms with Crippen LogP contribution >= 0.6 is 0 Å². The van der Waals surface area contributed by atoms with E-state index in [1.54, 1.807) is 0 Å². The van der Waals surface area contributed by atoms with Crippen molar-refractivity contribution in [1.29, 1.82) is 0 Å². The maximum absolute atomic E-state index is 5.36. The fraction of sp³-hybridized carbons (Fsp3) is 0. The first-order chi connectivity index (χ1) is 3.39. The van der Waals surface area contributed by atoms with Gasteiger partial charge in [-0.15, -0.1) is 0 Å². The summed E-state index contributed by atoms with van der Waals surface area (Å²) in [6.45, 7) is 0. The number of halogens is 1. The lowest BCUT2D eigenvalue weighted by atomic mass is 10.3. The first kappa shape index (κ1) is 10.9. The molecular weight excluding hydrogens is 116 g/mol. The van der Waals surface area contributed by atoms with E-state index >= 15 is 0 Å². The summed E-state index contributed by atoms with van der Waals surface area (Å²) in [5.41, 5.74) is 6.18. The fourth-order valence-electron chi connectivity index (χ4n) is 0.453. The second-order valence-corrected chi connectivity index (χ2v) is 1.41. The van der Waals surface area contributed by atoms with Crippen LogP contribution in [0.25, 0.3) is 0 Å². The van der Waals surface area contributed by atoms with Gasteiger partial charge in [-0.3, -0.25) is 4.70 Å². The molecule has 0 bridgehead atoms. The van der Waals surface area contributed by atoms with E-state index in [2.05, 4.69) is 0 Å². The number of nitrogens with two attached hydrogens (primary N) is 1. The van der Waals surface area contributed by atoms with Crippen LogP contribution in [-0.2, 0) is 0 Å². The van der Waals surface area contributed by atoms with Crippen LogP contribution in [0.2, 0.25) is 0 Å². The van der Waals surface area contributed by atoms with Crippen LogP contribution in [0, 0.1) is 0 Å². The van der Waals surface area contributed by atoms with Gasteiger partial charge in [-0.05, 0) is 12.1 Å². The number of nitrogen functional groups attached to an aromatic ring is 1. The van der Waals surface area contributed by atoms with Gasteiger partial charge in [0.2, 0.25) is 0 Å². The molecule has 9 heavy (non-hydrogen) atoms. The standard InChI is InChI=1S/C6H7N.B.FH/c7-6-4-2-1-3-5-6;;/h1-5H,7H2;;1H. The lowest BCUT2D eigenvalue weighted by Crippen LogP contribution is -1.79. The Kier molecular flexibility index (Phi) is 6.25. The molecular formula is C6H8BFN. The molecule has 1 nitrogen and oxygen atoms in total. The number of anilines is 1. The van der Waals surface area contributed by atoms with Gasteiger partial charge in [-0.1, -0.05) is 18.2 Å². The first-order valence-electron chi connectivity index (χ1n) is 2.20. The van der Waals surface area contributed by atoms with Crippen molar-refractivity contribution in [2.75, 3.05) is 5.73 Å². The summed E-state index contributed by atoms with van der Waals surface area (Å²) in [4.78, 5) is 0. The Hall–Kier alpha value is -0.985. The molecule has 0 spiro atoms. The molecule has 0 aliphatic rings. The maximum Gasteiger partial charge on any atom is 0.0313 e. The Bertz CT molecular complexity index is 143. The normalized spacial score (nSPS) is 6.67. The van der Waals surface area contributed by atoms with E-state index in [0.717, 1.165) is 5.69 Å². The first-order valence-corrected chi connectivity index (χ1v) is 2.20. The van der Waals surface area contributed by atoms with Crippen LogP contribution in [0.3, 0.4) is 0 Å². The van der Waals surface area contributed by atoms with Crippen molar-refractivity contribution in [1.82, 2.24) is 0 Å². The van der Waals surface area contributed by atoms with Crippen molar-refractivity contribution < 1.29 is 4.70 Å². The third-order valence-corrected chi connectivity index (χ3v) is 0.800. The third-order valence-electron chi connectivity index (χ3n) is 0.800. The largest absolute Gasteiger partial charge is 0.399 e. The second kappa shape index (κ2) is 5.16. The Morgan fingerprint density at radius 1 is 1.00 bits per heavy atom. The van der Waals surface area contributed by atoms with E-state index in [0.29, 0.717) is 0 Å². The molecule has 0 amide bonds. The summed E-state index contributed by atoms with van der Waals surface area (Å²) in [6, 6.07) is 9.49. The van der Waals surface area contributed by atoms with Crippen LogP contribution < -0.4 is 5.73 Å². The van der Waals surface area contributed by atoms with Crippen LogP contribution in [-0.4, -0.2) is 8.41 Å². The van der Waals surface area contributed by atoms with Gasteiger partial charge in [-0.2, -0.15) is 0 Å². The molecule has 0 aromatic heterocycles. The van der Waals surface area contributed by atoms with E-state index in [9.17, 15) is 0 Å². The average Bonchev–Trinajstić information content (AvgIpc) is 1.69. The molecule has 1 aromatic carbocycles. The molecule has 0 heterocycles. The highest BCUT2D eigenvalue weighted by atomic mass is 19.0. The Balaban J connectivity index is 0. The van der Waals surface area contributed by atoms with Gasteiger partial charge >= 0.3 is 0 Å². The number of hydrogen-bond donors (Lipinski definition) is 1. The zero-order valence-corrected chi connectivity index (χ0v) is 4.95.